The van der Waals surface area contributed by atoms with E-state index in [0.29, 0.717) is 0 Å². The molecule has 82 valence electrons. The maximum atomic E-state index is 10.7. The fourth-order valence-corrected chi connectivity index (χ4v) is 1.55. The topological polar surface area (TPSA) is 86.7 Å². The van der Waals surface area contributed by atoms with E-state index in [1.807, 2.05) is 0 Å². The maximum absolute atomic E-state index is 10.7. The van der Waals surface area contributed by atoms with Gasteiger partial charge in [0.15, 0.2) is 0 Å². The van der Waals surface area contributed by atoms with Crippen LogP contribution in [0, 0.1) is 17.0 Å². The number of nitrogens with zero attached hydrogens (tertiary/aromatic N) is 5. The number of aromatic nitrogens is 4. The van der Waals surface area contributed by atoms with E-state index in [0.717, 1.165) is 4.68 Å². The van der Waals surface area contributed by atoms with Crippen LogP contribution in [0.3, 0.4) is 0 Å². The molecule has 0 spiro atoms. The van der Waals surface area contributed by atoms with Crippen molar-refractivity contribution in [2.45, 2.75) is 6.92 Å². The summed E-state index contributed by atoms with van der Waals surface area (Å²) < 4.78 is 1.13. The van der Waals surface area contributed by atoms with Gasteiger partial charge in [0.25, 0.3) is 5.95 Å². The number of hydrogen-bond donors (Lipinski definition) is 0. The van der Waals surface area contributed by atoms with Gasteiger partial charge >= 0.3 is 5.69 Å². The van der Waals surface area contributed by atoms with Crippen molar-refractivity contribution in [3.63, 3.8) is 0 Å². The molecule has 0 aliphatic carbocycles. The molecule has 0 fully saturated rings. The Morgan fingerprint density at radius 3 is 2.56 bits per heavy atom. The van der Waals surface area contributed by atoms with Crippen LogP contribution in [-0.4, -0.2) is 24.7 Å². The van der Waals surface area contributed by atoms with E-state index >= 15 is 0 Å². The lowest BCUT2D eigenvalue weighted by Crippen LogP contribution is -2.02. The maximum Gasteiger partial charge on any atom is 0.329 e. The SMILES string of the molecule is Cc1nn(-c2ncccn2)c(Cl)c1[N+](=O)[O-]. The van der Waals surface area contributed by atoms with Crippen molar-refractivity contribution in [3.05, 3.63) is 39.4 Å². The number of rotatable bonds is 2. The van der Waals surface area contributed by atoms with Gasteiger partial charge in [-0.05, 0) is 13.0 Å². The Labute approximate surface area is 94.9 Å². The molecule has 2 rings (SSSR count). The summed E-state index contributed by atoms with van der Waals surface area (Å²) in [7, 11) is 0. The van der Waals surface area contributed by atoms with Gasteiger partial charge < -0.3 is 0 Å². The van der Waals surface area contributed by atoms with Gasteiger partial charge in [-0.25, -0.2) is 9.97 Å². The predicted octanol–water partition coefficient (Wildman–Crippen LogP) is 1.53. The van der Waals surface area contributed by atoms with E-state index in [9.17, 15) is 10.1 Å². The van der Waals surface area contributed by atoms with Gasteiger partial charge in [0, 0.05) is 12.4 Å². The first-order valence-corrected chi connectivity index (χ1v) is 4.66. The average Bonchev–Trinajstić information content (AvgIpc) is 2.55. The van der Waals surface area contributed by atoms with Gasteiger partial charge in [0.1, 0.15) is 5.69 Å². The molecule has 8 heteroatoms. The number of halogens is 1. The molecule has 0 atom stereocenters. The van der Waals surface area contributed by atoms with E-state index < -0.39 is 4.92 Å². The zero-order chi connectivity index (χ0) is 11.7. The fourth-order valence-electron chi connectivity index (χ4n) is 1.23. The quantitative estimate of drug-likeness (QED) is 0.586. The van der Waals surface area contributed by atoms with Crippen LogP contribution in [0.2, 0.25) is 5.15 Å². The molecule has 0 bridgehead atoms. The summed E-state index contributed by atoms with van der Waals surface area (Å²) in [5, 5.41) is 14.5. The molecule has 0 aliphatic rings. The predicted molar refractivity (Wildman–Crippen MR) is 55.6 cm³/mol. The lowest BCUT2D eigenvalue weighted by molar-refractivity contribution is -0.385. The molecule has 0 amide bonds. The van der Waals surface area contributed by atoms with Crippen molar-refractivity contribution >= 4 is 17.3 Å². The Bertz CT molecular complexity index is 539. The molecule has 2 aromatic rings. The van der Waals surface area contributed by atoms with Crippen LogP contribution in [0.1, 0.15) is 5.69 Å². The average molecular weight is 240 g/mol. The monoisotopic (exact) mass is 239 g/mol. The van der Waals surface area contributed by atoms with Crippen LogP contribution in [-0.2, 0) is 0 Å². The molecule has 0 saturated carbocycles. The largest absolute Gasteiger partial charge is 0.329 e. The van der Waals surface area contributed by atoms with Gasteiger partial charge in [0.2, 0.25) is 5.15 Å². The molecule has 7 nitrogen and oxygen atoms in total. The molecule has 2 aromatic heterocycles. The van der Waals surface area contributed by atoms with Crippen molar-refractivity contribution in [1.29, 1.82) is 0 Å². The van der Waals surface area contributed by atoms with Crippen molar-refractivity contribution in [1.82, 2.24) is 19.7 Å². The Kier molecular flexibility index (Phi) is 2.53. The molecule has 0 aliphatic heterocycles. The van der Waals surface area contributed by atoms with Gasteiger partial charge in [-0.15, -0.1) is 0 Å². The molecule has 2 heterocycles. The third-order valence-electron chi connectivity index (χ3n) is 1.90. The van der Waals surface area contributed by atoms with Gasteiger partial charge in [-0.3, -0.25) is 10.1 Å². The normalized spacial score (nSPS) is 10.4. The van der Waals surface area contributed by atoms with Crippen molar-refractivity contribution in [2.24, 2.45) is 0 Å². The minimum absolute atomic E-state index is 0.103. The smallest absolute Gasteiger partial charge is 0.258 e. The Hall–Kier alpha value is -2.02. The highest BCUT2D eigenvalue weighted by molar-refractivity contribution is 6.31. The molecular formula is C8H6ClN5O2. The second-order valence-electron chi connectivity index (χ2n) is 2.94. The van der Waals surface area contributed by atoms with E-state index in [2.05, 4.69) is 15.1 Å². The molecule has 0 saturated heterocycles. The first-order valence-electron chi connectivity index (χ1n) is 4.28. The van der Waals surface area contributed by atoms with E-state index in [1.54, 1.807) is 6.07 Å². The zero-order valence-electron chi connectivity index (χ0n) is 8.16. The summed E-state index contributed by atoms with van der Waals surface area (Å²) in [5.74, 6) is 0.198. The lowest BCUT2D eigenvalue weighted by atomic mass is 10.4. The zero-order valence-corrected chi connectivity index (χ0v) is 8.92. The summed E-state index contributed by atoms with van der Waals surface area (Å²) in [6, 6.07) is 1.63. The van der Waals surface area contributed by atoms with Crippen LogP contribution < -0.4 is 0 Å². The van der Waals surface area contributed by atoms with E-state index in [-0.39, 0.29) is 22.5 Å². The standard InChI is InChI=1S/C8H6ClN5O2/c1-5-6(14(15)16)7(9)13(12-5)8-10-3-2-4-11-8/h2-4H,1H3. The Morgan fingerprint density at radius 2 is 2.06 bits per heavy atom. The first kappa shape index (κ1) is 10.5. The second-order valence-corrected chi connectivity index (χ2v) is 3.30. The molecular weight excluding hydrogens is 234 g/mol. The van der Waals surface area contributed by atoms with Crippen LogP contribution >= 0.6 is 11.6 Å². The van der Waals surface area contributed by atoms with Crippen molar-refractivity contribution in [3.8, 4) is 5.95 Å². The van der Waals surface area contributed by atoms with E-state index in [4.69, 9.17) is 11.6 Å². The molecule has 0 aromatic carbocycles. The number of nitro groups is 1. The summed E-state index contributed by atoms with van der Waals surface area (Å²) in [5.41, 5.74) is -0.00317. The molecule has 0 radical (unpaired) electrons. The third-order valence-corrected chi connectivity index (χ3v) is 2.24. The number of aryl methyl sites for hydroxylation is 1. The van der Waals surface area contributed by atoms with E-state index in [1.165, 1.54) is 19.3 Å². The van der Waals surface area contributed by atoms with Crippen LogP contribution in [0.15, 0.2) is 18.5 Å². The molecule has 0 N–H and O–H groups in total. The second kappa shape index (κ2) is 3.86. The summed E-state index contributed by atoms with van der Waals surface area (Å²) in [4.78, 5) is 17.9. The van der Waals surface area contributed by atoms with Crippen LogP contribution in [0.25, 0.3) is 5.95 Å². The fraction of sp³-hybridized carbons (Fsp3) is 0.125. The minimum Gasteiger partial charge on any atom is -0.258 e. The highest BCUT2D eigenvalue weighted by Crippen LogP contribution is 2.28. The highest BCUT2D eigenvalue weighted by Gasteiger charge is 2.25. The summed E-state index contributed by atoms with van der Waals surface area (Å²) in [6.07, 6.45) is 3.00. The highest BCUT2D eigenvalue weighted by atomic mass is 35.5. The van der Waals surface area contributed by atoms with Gasteiger partial charge in [-0.1, -0.05) is 11.6 Å². The Morgan fingerprint density at radius 1 is 1.44 bits per heavy atom. The van der Waals surface area contributed by atoms with Crippen LogP contribution in [0.5, 0.6) is 0 Å². The van der Waals surface area contributed by atoms with Crippen molar-refractivity contribution in [2.75, 3.05) is 0 Å². The minimum atomic E-state index is -0.579. The first-order chi connectivity index (χ1) is 7.61. The number of hydrogen-bond acceptors (Lipinski definition) is 5. The summed E-state index contributed by atoms with van der Waals surface area (Å²) >= 11 is 5.84. The molecule has 0 unspecified atom stereocenters. The Balaban J connectivity index is 2.61. The summed E-state index contributed by atoms with van der Waals surface area (Å²) in [6.45, 7) is 1.50. The van der Waals surface area contributed by atoms with Gasteiger partial charge in [0.05, 0.1) is 4.92 Å². The lowest BCUT2D eigenvalue weighted by Gasteiger charge is -1.97. The molecule has 16 heavy (non-hydrogen) atoms. The van der Waals surface area contributed by atoms with Gasteiger partial charge in [-0.2, -0.15) is 9.78 Å². The third kappa shape index (κ3) is 1.61. The van der Waals surface area contributed by atoms with Crippen LogP contribution in [0.4, 0.5) is 5.69 Å². The van der Waals surface area contributed by atoms with Crippen molar-refractivity contribution < 1.29 is 4.92 Å².